The van der Waals surface area contributed by atoms with Crippen LogP contribution in [0.15, 0.2) is 17.0 Å². The Bertz CT molecular complexity index is 1090. The lowest BCUT2D eigenvalue weighted by molar-refractivity contribution is 0.481. The Morgan fingerprint density at radius 3 is 1.44 bits per heavy atom. The second-order valence-electron chi connectivity index (χ2n) is 12.4. The zero-order chi connectivity index (χ0) is 26.0. The molecule has 0 radical (unpaired) electrons. The quantitative estimate of drug-likeness (QED) is 0.325. The van der Waals surface area contributed by atoms with Crippen molar-refractivity contribution in [3.8, 4) is 0 Å². The van der Waals surface area contributed by atoms with E-state index in [0.717, 1.165) is 42.2 Å². The van der Waals surface area contributed by atoms with E-state index in [0.29, 0.717) is 35.5 Å². The first-order valence-electron chi connectivity index (χ1n) is 13.2. The molecule has 1 N–H and O–H groups in total. The van der Waals surface area contributed by atoms with Gasteiger partial charge in [-0.3, -0.25) is 4.55 Å². The van der Waals surface area contributed by atoms with Gasteiger partial charge >= 0.3 is 0 Å². The van der Waals surface area contributed by atoms with Crippen LogP contribution in [0.25, 0.3) is 10.8 Å². The van der Waals surface area contributed by atoms with Gasteiger partial charge in [-0.25, -0.2) is 0 Å². The third kappa shape index (κ3) is 7.07. The molecule has 4 heteroatoms. The first kappa shape index (κ1) is 28.8. The molecule has 0 unspecified atom stereocenters. The first-order chi connectivity index (χ1) is 15.6. The molecule has 0 aliphatic rings. The van der Waals surface area contributed by atoms with Crippen LogP contribution >= 0.6 is 0 Å². The minimum absolute atomic E-state index is 0.153. The summed E-state index contributed by atoms with van der Waals surface area (Å²) in [4.78, 5) is 0.153. The highest BCUT2D eigenvalue weighted by atomic mass is 32.2. The van der Waals surface area contributed by atoms with Crippen LogP contribution in [0, 0.1) is 29.6 Å². The molecule has 0 spiro atoms. The zero-order valence-corrected chi connectivity index (χ0v) is 24.1. The lowest BCUT2D eigenvalue weighted by Crippen LogP contribution is -2.17. The fourth-order valence-corrected chi connectivity index (χ4v) is 6.30. The van der Waals surface area contributed by atoms with Crippen molar-refractivity contribution in [3.05, 3.63) is 39.9 Å². The average molecular weight is 489 g/mol. The molecule has 0 heterocycles. The summed E-state index contributed by atoms with van der Waals surface area (Å²) in [5, 5.41) is 1.81. The summed E-state index contributed by atoms with van der Waals surface area (Å²) in [6.07, 6.45) is 4.24. The highest BCUT2D eigenvalue weighted by Crippen LogP contribution is 2.41. The van der Waals surface area contributed by atoms with Crippen molar-refractivity contribution < 1.29 is 13.0 Å². The summed E-state index contributed by atoms with van der Waals surface area (Å²) in [6.45, 7) is 22.0. The fourth-order valence-electron chi connectivity index (χ4n) is 5.34. The number of hydrogen-bond donors (Lipinski definition) is 1. The minimum Gasteiger partial charge on any atom is -0.282 e. The Hall–Kier alpha value is -1.39. The van der Waals surface area contributed by atoms with Crippen LogP contribution in [0.2, 0.25) is 0 Å². The van der Waals surface area contributed by atoms with Gasteiger partial charge in [-0.2, -0.15) is 8.42 Å². The molecule has 0 aliphatic heterocycles. The number of hydrogen-bond acceptors (Lipinski definition) is 2. The van der Waals surface area contributed by atoms with E-state index in [9.17, 15) is 13.0 Å². The second-order valence-corrected chi connectivity index (χ2v) is 13.7. The number of fused-ring (bicyclic) bond motifs is 1. The van der Waals surface area contributed by atoms with E-state index in [1.54, 1.807) is 0 Å². The molecule has 0 saturated heterocycles. The van der Waals surface area contributed by atoms with Crippen molar-refractivity contribution in [3.63, 3.8) is 0 Å². The van der Waals surface area contributed by atoms with Gasteiger partial charge in [0, 0.05) is 5.39 Å². The molecule has 34 heavy (non-hydrogen) atoms. The second kappa shape index (κ2) is 11.6. The number of rotatable bonds is 11. The first-order valence-corrected chi connectivity index (χ1v) is 14.7. The Morgan fingerprint density at radius 2 is 1.00 bits per heavy atom. The topological polar surface area (TPSA) is 54.4 Å². The summed E-state index contributed by atoms with van der Waals surface area (Å²) >= 11 is 0. The van der Waals surface area contributed by atoms with Gasteiger partial charge in [-0.1, -0.05) is 81.4 Å². The van der Waals surface area contributed by atoms with E-state index in [1.807, 2.05) is 6.07 Å². The SMILES string of the molecule is CC(C)Cc1ccc2c(S(=O)(=O)O)c(CC(C)C)c(CC(C)C)c(CC(C)C)c2c1CC(C)C. The Kier molecular flexibility index (Phi) is 9.81. The maximum Gasteiger partial charge on any atom is 0.295 e. The molecule has 0 amide bonds. The normalized spacial score (nSPS) is 12.9. The molecule has 0 aromatic heterocycles. The largest absolute Gasteiger partial charge is 0.295 e. The summed E-state index contributed by atoms with van der Waals surface area (Å²) < 4.78 is 36.5. The number of benzene rings is 2. The molecule has 0 atom stereocenters. The molecule has 192 valence electrons. The van der Waals surface area contributed by atoms with Gasteiger partial charge in [0.2, 0.25) is 0 Å². The fraction of sp³-hybridized carbons (Fsp3) is 0.667. The Labute approximate surface area is 209 Å². The summed E-state index contributed by atoms with van der Waals surface area (Å²) in [7, 11) is -4.39. The highest BCUT2D eigenvalue weighted by molar-refractivity contribution is 7.86. The van der Waals surface area contributed by atoms with Gasteiger partial charge in [0.1, 0.15) is 4.90 Å². The van der Waals surface area contributed by atoms with Gasteiger partial charge in [-0.05, 0) is 94.9 Å². The Morgan fingerprint density at radius 1 is 0.588 bits per heavy atom. The molecule has 0 fully saturated rings. The van der Waals surface area contributed by atoms with Crippen LogP contribution < -0.4 is 0 Å². The predicted molar refractivity (Wildman–Crippen MR) is 146 cm³/mol. The summed E-state index contributed by atoms with van der Waals surface area (Å²) in [5.41, 5.74) is 5.89. The minimum atomic E-state index is -4.39. The molecule has 0 bridgehead atoms. The predicted octanol–water partition coefficient (Wildman–Crippen LogP) is 8.08. The Balaban J connectivity index is 3.25. The molecule has 2 aromatic rings. The van der Waals surface area contributed by atoms with Gasteiger partial charge in [0.25, 0.3) is 10.1 Å². The van der Waals surface area contributed by atoms with Crippen molar-refractivity contribution >= 4 is 20.9 Å². The van der Waals surface area contributed by atoms with E-state index in [4.69, 9.17) is 0 Å². The van der Waals surface area contributed by atoms with E-state index in [2.05, 4.69) is 75.3 Å². The maximum atomic E-state index is 13.0. The van der Waals surface area contributed by atoms with E-state index in [-0.39, 0.29) is 10.8 Å². The molecule has 2 rings (SSSR count). The van der Waals surface area contributed by atoms with Crippen LogP contribution in [0.5, 0.6) is 0 Å². The van der Waals surface area contributed by atoms with Crippen LogP contribution in [0.4, 0.5) is 0 Å². The standard InChI is InChI=1S/C30H48O3S/c1-18(2)13-23-11-12-24-29(25(23)14-19(3)4)27(16-21(7)8)26(15-20(5)6)28(17-22(9)10)30(24)34(31,32)33/h11-12,18-22H,13-17H2,1-10H3,(H,31,32,33). The van der Waals surface area contributed by atoms with Crippen molar-refractivity contribution in [2.45, 2.75) is 106 Å². The molecule has 2 aromatic carbocycles. The zero-order valence-electron chi connectivity index (χ0n) is 23.2. The summed E-state index contributed by atoms with van der Waals surface area (Å²) in [5.74, 6) is 2.06. The molecular weight excluding hydrogens is 440 g/mol. The van der Waals surface area contributed by atoms with Gasteiger partial charge in [-0.15, -0.1) is 0 Å². The van der Waals surface area contributed by atoms with Crippen LogP contribution in [0.3, 0.4) is 0 Å². The van der Waals surface area contributed by atoms with Crippen LogP contribution in [0.1, 0.15) is 97.1 Å². The lowest BCUT2D eigenvalue weighted by Gasteiger charge is -2.27. The van der Waals surface area contributed by atoms with E-state index in [1.165, 1.54) is 16.7 Å². The molecule has 3 nitrogen and oxygen atoms in total. The molecule has 0 saturated carbocycles. The highest BCUT2D eigenvalue weighted by Gasteiger charge is 2.29. The van der Waals surface area contributed by atoms with Crippen molar-refractivity contribution in [2.24, 2.45) is 29.6 Å². The smallest absolute Gasteiger partial charge is 0.282 e. The third-order valence-corrected chi connectivity index (χ3v) is 7.28. The van der Waals surface area contributed by atoms with E-state index >= 15 is 0 Å². The van der Waals surface area contributed by atoms with Crippen molar-refractivity contribution in [2.75, 3.05) is 0 Å². The van der Waals surface area contributed by atoms with Gasteiger partial charge in [0.05, 0.1) is 0 Å². The van der Waals surface area contributed by atoms with Gasteiger partial charge < -0.3 is 0 Å². The third-order valence-electron chi connectivity index (χ3n) is 6.29. The van der Waals surface area contributed by atoms with Crippen LogP contribution in [-0.4, -0.2) is 13.0 Å². The van der Waals surface area contributed by atoms with Crippen molar-refractivity contribution in [1.29, 1.82) is 0 Å². The molecule has 0 aliphatic carbocycles. The lowest BCUT2D eigenvalue weighted by atomic mass is 9.79. The maximum absolute atomic E-state index is 13.0. The van der Waals surface area contributed by atoms with Gasteiger partial charge in [0.15, 0.2) is 0 Å². The van der Waals surface area contributed by atoms with E-state index < -0.39 is 10.1 Å². The summed E-state index contributed by atoms with van der Waals surface area (Å²) in [6, 6.07) is 4.10. The average Bonchev–Trinajstić information content (AvgIpc) is 2.63. The van der Waals surface area contributed by atoms with Crippen LogP contribution in [-0.2, 0) is 42.2 Å². The van der Waals surface area contributed by atoms with Crippen molar-refractivity contribution in [1.82, 2.24) is 0 Å². The molecular formula is C30H48O3S. The monoisotopic (exact) mass is 488 g/mol.